The van der Waals surface area contributed by atoms with Gasteiger partial charge < -0.3 is 57.5 Å². The maximum Gasteiger partial charge on any atom is 0.496 e. The van der Waals surface area contributed by atoms with Crippen LogP contribution in [-0.4, -0.2) is 159 Å². The van der Waals surface area contributed by atoms with Crippen LogP contribution in [0.25, 0.3) is 11.1 Å². The van der Waals surface area contributed by atoms with Gasteiger partial charge in [-0.15, -0.1) is 0 Å². The molecule has 2 saturated heterocycles. The van der Waals surface area contributed by atoms with Gasteiger partial charge in [0.2, 0.25) is 43.6 Å². The third-order valence-electron chi connectivity index (χ3n) is 17.2. The van der Waals surface area contributed by atoms with Crippen molar-refractivity contribution >= 4 is 203 Å². The van der Waals surface area contributed by atoms with E-state index in [4.69, 9.17) is 150 Å². The summed E-state index contributed by atoms with van der Waals surface area (Å²) in [5.41, 5.74) is 1.08. The van der Waals surface area contributed by atoms with Crippen LogP contribution in [-0.2, 0) is 38.7 Å². The molecule has 28 nitrogen and oxygen atoms in total. The van der Waals surface area contributed by atoms with Crippen LogP contribution in [0.5, 0.6) is 52.1 Å². The molecule has 636 valence electrons. The van der Waals surface area contributed by atoms with Crippen molar-refractivity contribution in [2.75, 3.05) is 26.7 Å². The van der Waals surface area contributed by atoms with Gasteiger partial charge in [0.15, 0.2) is 25.1 Å². The van der Waals surface area contributed by atoms with Gasteiger partial charge in [0.25, 0.3) is 11.8 Å². The van der Waals surface area contributed by atoms with Crippen molar-refractivity contribution in [3.63, 3.8) is 0 Å². The van der Waals surface area contributed by atoms with Crippen LogP contribution in [0.15, 0.2) is 163 Å². The first-order chi connectivity index (χ1) is 56.5. The summed E-state index contributed by atoms with van der Waals surface area (Å²) < 4.78 is 113. The Morgan fingerprint density at radius 2 is 0.793 bits per heavy atom. The van der Waals surface area contributed by atoms with Crippen LogP contribution < -0.4 is 49.5 Å². The smallest absolute Gasteiger partial charge is 0.496 e. The molecule has 6 aromatic carbocycles. The monoisotopic (exact) mass is 1920 g/mol. The Morgan fingerprint density at radius 3 is 1.16 bits per heavy atom. The van der Waals surface area contributed by atoms with Crippen molar-refractivity contribution in [2.24, 2.45) is 0 Å². The number of sulfonamides is 2. The Hall–Kier alpha value is -9.08. The molecule has 0 unspecified atom stereocenters. The number of nitrogens with zero attached hydrogens (tertiary/aromatic N) is 4. The van der Waals surface area contributed by atoms with E-state index in [2.05, 4.69) is 35.9 Å². The van der Waals surface area contributed by atoms with Gasteiger partial charge in [-0.05, 0) is 205 Å². The predicted molar refractivity (Wildman–Crippen MR) is 465 cm³/mol. The van der Waals surface area contributed by atoms with Gasteiger partial charge in [0.1, 0.15) is 34.5 Å². The number of aromatic nitrogens is 4. The summed E-state index contributed by atoms with van der Waals surface area (Å²) in [6.07, 6.45) is 9.52. The molecule has 12 rings (SSSR count). The minimum Gasteiger partial charge on any atom is -0.508 e. The second-order valence-electron chi connectivity index (χ2n) is 27.5. The summed E-state index contributed by atoms with van der Waals surface area (Å²) in [4.78, 5) is 84.3. The topological polar surface area (TPSA) is 390 Å². The number of phenolic OH excluding ortho intramolecular Hbond substituents is 1. The highest BCUT2D eigenvalue weighted by Crippen LogP contribution is 2.40. The number of amides is 2. The Labute approximate surface area is 744 Å². The van der Waals surface area contributed by atoms with Crippen molar-refractivity contribution in [2.45, 2.75) is 77.8 Å². The molecule has 0 radical (unpaired) electrons. The lowest BCUT2D eigenvalue weighted by atomic mass is 9.80. The van der Waals surface area contributed by atoms with Crippen molar-refractivity contribution in [3.05, 3.63) is 242 Å². The minimum atomic E-state index is -3.72. The van der Waals surface area contributed by atoms with Crippen molar-refractivity contribution in [1.82, 2.24) is 29.4 Å². The van der Waals surface area contributed by atoms with E-state index in [0.29, 0.717) is 115 Å². The van der Waals surface area contributed by atoms with Gasteiger partial charge in [-0.25, -0.2) is 46.2 Å². The molecule has 2 aliphatic heterocycles. The normalized spacial score (nSPS) is 13.8. The Balaban J connectivity index is 0.000000207. The third-order valence-corrected chi connectivity index (χ3v) is 20.7. The van der Waals surface area contributed by atoms with Crippen molar-refractivity contribution in [3.8, 4) is 63.3 Å². The number of methoxy groups -OCH3 is 2. The van der Waals surface area contributed by atoms with Crippen LogP contribution in [0.3, 0.4) is 0 Å². The van der Waals surface area contributed by atoms with E-state index in [0.717, 1.165) is 12.5 Å². The highest BCUT2D eigenvalue weighted by Gasteiger charge is 2.53. The number of aldehydes is 4. The number of hydrogen-bond donors (Lipinski definition) is 5. The number of phenols is 1. The number of ether oxygens (including phenoxy) is 5. The maximum absolute atomic E-state index is 13.1. The number of rotatable bonds is 20. The highest BCUT2D eigenvalue weighted by atomic mass is 79.9. The van der Waals surface area contributed by atoms with E-state index in [1.165, 1.54) is 118 Å². The van der Waals surface area contributed by atoms with Crippen molar-refractivity contribution < 1.29 is 107 Å². The second kappa shape index (κ2) is 42.8. The number of halogens is 10. The Morgan fingerprint density at radius 1 is 0.463 bits per heavy atom. The number of carbonyl (C=O) groups is 6. The molecule has 10 aromatic rings. The molecule has 0 saturated carbocycles. The first-order valence-corrected chi connectivity index (χ1v) is 42.2. The zero-order chi connectivity index (χ0) is 90.0. The second-order valence-corrected chi connectivity index (χ2v) is 35.4. The largest absolute Gasteiger partial charge is 0.508 e. The first-order valence-electron chi connectivity index (χ1n) is 34.6. The zero-order valence-corrected chi connectivity index (χ0v) is 74.8. The lowest BCUT2D eigenvalue weighted by Gasteiger charge is -2.32. The van der Waals surface area contributed by atoms with Crippen LogP contribution >= 0.6 is 109 Å². The lowest BCUT2D eigenvalue weighted by molar-refractivity contribution is 0.00578. The standard InChI is InChI=1S/C21H16Cl2N2O6S.C18H18BCl2NO4.C12H8BCl2NO4.C12H15BFNO3.C9H10BrNO4S.C6H4Cl2O/c1-30-19-6-12(20(27)25-32(2,28)29)3-4-18(19)13-5-14(11-26)21(24-10-13)31-17-8-15(22)7-16(23)9-17;1-17(2)18(3,4)26-19(25-17)12-5-11(10-23)16(22-9-12)24-15-7-13(20)6-14(21)8-15;14-9-2-10(15)4-11(3-9)20-12-7(6-17)1-8(5-16-12)13(18)19;1-11(2)12(3,4)18-13(17-11)9-5-8(7-16)10(14)15-6-9;1-15-8-5-6(3-4-7(8)10)9(12)11-16(2,13)14;7-4-1-5(8)3-6(9)2-4/h3-11H,1-2H3,(H,25,27);5-10H,1-4H3;1-6,18-19H;5-7H,1-4H3;3-5H,1-2H3,(H,11,12);1-3,9H. The zero-order valence-electron chi connectivity index (χ0n) is 65.5. The molecule has 0 atom stereocenters. The fourth-order valence-corrected chi connectivity index (χ4v) is 13.3. The molecule has 2 fully saturated rings. The molecule has 6 heterocycles. The average molecular weight is 1920 g/mol. The summed E-state index contributed by atoms with van der Waals surface area (Å²) in [7, 11) is -7.38. The highest BCUT2D eigenvalue weighted by molar-refractivity contribution is 9.10. The van der Waals surface area contributed by atoms with Crippen molar-refractivity contribution in [1.29, 1.82) is 0 Å². The molecule has 2 amide bonds. The molecule has 0 aliphatic carbocycles. The van der Waals surface area contributed by atoms with Gasteiger partial charge in [0, 0.05) is 104 Å². The molecular weight excluding hydrogens is 1850 g/mol. The van der Waals surface area contributed by atoms with E-state index >= 15 is 0 Å². The fraction of sp³-hybridized carbons (Fsp3) is 0.205. The molecule has 43 heteroatoms. The molecule has 4 aromatic heterocycles. The summed E-state index contributed by atoms with van der Waals surface area (Å²) in [5, 5.41) is 30.1. The molecule has 0 bridgehead atoms. The number of nitrogens with one attached hydrogen (secondary N) is 2. The predicted octanol–water partition coefficient (Wildman–Crippen LogP) is 15.5. The number of benzene rings is 6. The molecule has 0 spiro atoms. The lowest BCUT2D eigenvalue weighted by Crippen LogP contribution is -2.41. The SMILES string of the molecule is CC1(C)OB(c2cnc(F)c(C=O)c2)OC1(C)C.CC1(C)OB(c2cnc(Oc3cc(Cl)cc(Cl)c3)c(C=O)c2)OC1(C)C.COc1cc(C(=O)NS(C)(=O)=O)ccc1-c1cnc(Oc2cc(Cl)cc(Cl)c2)c(C=O)c1.COc1cc(C(=O)NS(C)(=O)=O)ccc1Br.O=Cc1cc(B(O)O)cnc1Oc1cc(Cl)cc(Cl)c1.Oc1cc(Cl)cc(Cl)c1. The first kappa shape index (κ1) is 99.0. The van der Waals surface area contributed by atoms with E-state index < -0.39 is 81.6 Å². The Kier molecular flexibility index (Phi) is 35.0. The summed E-state index contributed by atoms with van der Waals surface area (Å²) >= 11 is 49.8. The maximum atomic E-state index is 13.1. The third kappa shape index (κ3) is 29.0. The van der Waals surface area contributed by atoms with E-state index in [9.17, 15) is 50.0 Å². The number of hydrogen-bond acceptors (Lipinski definition) is 26. The van der Waals surface area contributed by atoms with Crippen LogP contribution in [0.1, 0.15) is 118 Å². The van der Waals surface area contributed by atoms with E-state index in [1.807, 2.05) is 64.8 Å². The summed E-state index contributed by atoms with van der Waals surface area (Å²) in [6.45, 7) is 15.5. The Bertz CT molecular complexity index is 5620. The van der Waals surface area contributed by atoms with Gasteiger partial charge in [0.05, 0.1) is 75.9 Å². The fourth-order valence-electron chi connectivity index (χ4n) is 9.98. The van der Waals surface area contributed by atoms with Crippen LogP contribution in [0.4, 0.5) is 4.39 Å². The number of carbonyl (C=O) groups excluding carboxylic acids is 6. The number of aromatic hydroxyl groups is 1. The quantitative estimate of drug-likeness (QED) is 0.0269. The minimum absolute atomic E-state index is 0.0164. The van der Waals surface area contributed by atoms with Crippen LogP contribution in [0.2, 0.25) is 40.2 Å². The van der Waals surface area contributed by atoms with E-state index in [-0.39, 0.29) is 68.0 Å². The molecular formula is C78H71B3BrCl8FN6O22S2. The summed E-state index contributed by atoms with van der Waals surface area (Å²) in [6, 6.07) is 33.1. The van der Waals surface area contributed by atoms with E-state index in [1.54, 1.807) is 54.7 Å². The molecule has 5 N–H and O–H groups in total. The van der Waals surface area contributed by atoms with Gasteiger partial charge in [-0.3, -0.25) is 28.8 Å². The summed E-state index contributed by atoms with van der Waals surface area (Å²) in [5.74, 6) is -0.214. The average Bonchev–Trinajstić information content (AvgIpc) is 1.65. The number of pyridine rings is 4. The van der Waals surface area contributed by atoms with Crippen LogP contribution in [0, 0.1) is 5.95 Å². The van der Waals surface area contributed by atoms with Gasteiger partial charge in [-0.1, -0.05) is 92.8 Å². The molecule has 2 aliphatic rings. The van der Waals surface area contributed by atoms with Gasteiger partial charge >= 0.3 is 21.4 Å². The molecule has 121 heavy (non-hydrogen) atoms. The van der Waals surface area contributed by atoms with Gasteiger partial charge in [-0.2, -0.15) is 4.39 Å².